The Bertz CT molecular complexity index is 1050. The largest absolute Gasteiger partial charge is 0.298 e. The summed E-state index contributed by atoms with van der Waals surface area (Å²) >= 11 is 1.34. The molecule has 0 atom stereocenters. The van der Waals surface area contributed by atoms with E-state index in [0.29, 0.717) is 16.4 Å². The number of amides is 1. The van der Waals surface area contributed by atoms with Gasteiger partial charge in [0.25, 0.3) is 5.91 Å². The summed E-state index contributed by atoms with van der Waals surface area (Å²) in [5.41, 5.74) is 2.12. The van der Waals surface area contributed by atoms with Crippen LogP contribution in [-0.2, 0) is 0 Å². The van der Waals surface area contributed by atoms with Gasteiger partial charge in [-0.05, 0) is 41.1 Å². The number of thiazole rings is 1. The zero-order valence-corrected chi connectivity index (χ0v) is 13.9. The Morgan fingerprint density at radius 3 is 2.56 bits per heavy atom. The molecule has 0 radical (unpaired) electrons. The summed E-state index contributed by atoms with van der Waals surface area (Å²) in [4.78, 5) is 17.0. The third-order valence-electron chi connectivity index (χ3n) is 3.90. The number of benzene rings is 3. The molecular weight excluding hydrogens is 335 g/mol. The summed E-state index contributed by atoms with van der Waals surface area (Å²) in [5, 5.41) is 7.11. The second-order valence-electron chi connectivity index (χ2n) is 5.53. The van der Waals surface area contributed by atoms with Crippen molar-refractivity contribution in [1.29, 1.82) is 0 Å². The van der Waals surface area contributed by atoms with Gasteiger partial charge in [0.15, 0.2) is 5.13 Å². The van der Waals surface area contributed by atoms with Gasteiger partial charge >= 0.3 is 0 Å². The van der Waals surface area contributed by atoms with Gasteiger partial charge in [-0.1, -0.05) is 36.4 Å². The van der Waals surface area contributed by atoms with E-state index in [-0.39, 0.29) is 11.7 Å². The molecule has 0 spiro atoms. The lowest BCUT2D eigenvalue weighted by molar-refractivity contribution is 0.102. The number of nitrogens with zero attached hydrogens (tertiary/aromatic N) is 1. The van der Waals surface area contributed by atoms with Gasteiger partial charge in [0.1, 0.15) is 5.82 Å². The molecule has 3 nitrogen and oxygen atoms in total. The van der Waals surface area contributed by atoms with Gasteiger partial charge in [-0.2, -0.15) is 0 Å². The van der Waals surface area contributed by atoms with Gasteiger partial charge in [-0.25, -0.2) is 9.37 Å². The Kier molecular flexibility index (Phi) is 3.99. The van der Waals surface area contributed by atoms with Gasteiger partial charge < -0.3 is 0 Å². The lowest BCUT2D eigenvalue weighted by Gasteiger charge is -2.06. The van der Waals surface area contributed by atoms with E-state index >= 15 is 0 Å². The Balaban J connectivity index is 1.60. The molecule has 1 heterocycles. The molecule has 1 aromatic heterocycles. The smallest absolute Gasteiger partial charge is 0.258 e. The maximum absolute atomic E-state index is 13.0. The Labute approximate surface area is 147 Å². The van der Waals surface area contributed by atoms with E-state index in [9.17, 15) is 9.18 Å². The Morgan fingerprint density at radius 1 is 0.960 bits per heavy atom. The highest BCUT2D eigenvalue weighted by atomic mass is 32.1. The first-order valence-electron chi connectivity index (χ1n) is 7.71. The number of rotatable bonds is 3. The first kappa shape index (κ1) is 15.5. The maximum Gasteiger partial charge on any atom is 0.258 e. The first-order valence-corrected chi connectivity index (χ1v) is 8.59. The van der Waals surface area contributed by atoms with E-state index in [1.165, 1.54) is 23.5 Å². The van der Waals surface area contributed by atoms with Crippen molar-refractivity contribution in [1.82, 2.24) is 4.98 Å². The summed E-state index contributed by atoms with van der Waals surface area (Å²) in [6, 6.07) is 19.5. The third-order valence-corrected chi connectivity index (χ3v) is 4.66. The molecule has 0 bridgehead atoms. The summed E-state index contributed by atoms with van der Waals surface area (Å²) in [5.74, 6) is -0.486. The minimum absolute atomic E-state index is 0.197. The van der Waals surface area contributed by atoms with Crippen LogP contribution in [0.15, 0.2) is 72.1 Å². The predicted molar refractivity (Wildman–Crippen MR) is 99.4 cm³/mol. The van der Waals surface area contributed by atoms with E-state index in [2.05, 4.69) is 10.3 Å². The summed E-state index contributed by atoms with van der Waals surface area (Å²) in [7, 11) is 0. The fourth-order valence-corrected chi connectivity index (χ4v) is 3.39. The molecule has 1 amide bonds. The van der Waals surface area contributed by atoms with E-state index in [0.717, 1.165) is 16.3 Å². The molecule has 0 saturated carbocycles. The molecule has 0 unspecified atom stereocenters. The summed E-state index contributed by atoms with van der Waals surface area (Å²) in [6.45, 7) is 0. The predicted octanol–water partition coefficient (Wildman–Crippen LogP) is 5.35. The van der Waals surface area contributed by atoms with Crippen LogP contribution in [0.1, 0.15) is 10.4 Å². The summed E-state index contributed by atoms with van der Waals surface area (Å²) in [6.07, 6.45) is 0. The molecule has 1 N–H and O–H groups in total. The minimum atomic E-state index is -0.288. The maximum atomic E-state index is 13.0. The average molecular weight is 348 g/mol. The highest BCUT2D eigenvalue weighted by Gasteiger charge is 2.12. The first-order chi connectivity index (χ1) is 12.2. The molecule has 5 heteroatoms. The lowest BCUT2D eigenvalue weighted by atomic mass is 10.0. The number of carbonyl (C=O) groups is 1. The standard InChI is InChI=1S/C20H13FN2OS/c21-15-10-8-14(9-11-15)18-12-25-20(22-18)23-19(24)17-7-3-5-13-4-1-2-6-16(13)17/h1-12H,(H,22,23,24). The van der Waals surface area contributed by atoms with Crippen molar-refractivity contribution in [3.05, 3.63) is 83.5 Å². The van der Waals surface area contributed by atoms with Crippen LogP contribution in [0.5, 0.6) is 0 Å². The number of nitrogens with one attached hydrogen (secondary N) is 1. The molecule has 0 aliphatic carbocycles. The zero-order valence-electron chi connectivity index (χ0n) is 13.1. The highest BCUT2D eigenvalue weighted by molar-refractivity contribution is 7.14. The second-order valence-corrected chi connectivity index (χ2v) is 6.38. The normalized spacial score (nSPS) is 10.8. The second kappa shape index (κ2) is 6.45. The van der Waals surface area contributed by atoms with Gasteiger partial charge in [0.05, 0.1) is 5.69 Å². The summed E-state index contributed by atoms with van der Waals surface area (Å²) < 4.78 is 13.0. The topological polar surface area (TPSA) is 42.0 Å². The fourth-order valence-electron chi connectivity index (χ4n) is 2.67. The molecule has 25 heavy (non-hydrogen) atoms. The zero-order chi connectivity index (χ0) is 17.2. The van der Waals surface area contributed by atoms with Gasteiger partial charge in [-0.15, -0.1) is 11.3 Å². The van der Waals surface area contributed by atoms with Crippen molar-refractivity contribution in [2.45, 2.75) is 0 Å². The van der Waals surface area contributed by atoms with Gasteiger partial charge in [0.2, 0.25) is 0 Å². The third kappa shape index (κ3) is 3.14. The molecular formula is C20H13FN2OS. The number of halogens is 1. The van der Waals surface area contributed by atoms with Crippen LogP contribution in [0.2, 0.25) is 0 Å². The fraction of sp³-hybridized carbons (Fsp3) is 0. The van der Waals surface area contributed by atoms with Gasteiger partial charge in [0, 0.05) is 16.5 Å². The number of hydrogen-bond acceptors (Lipinski definition) is 3. The molecule has 0 saturated heterocycles. The van der Waals surface area contributed by atoms with E-state index in [1.54, 1.807) is 18.2 Å². The number of aromatic nitrogens is 1. The molecule has 0 aliphatic heterocycles. The van der Waals surface area contributed by atoms with Crippen molar-refractivity contribution < 1.29 is 9.18 Å². The van der Waals surface area contributed by atoms with Crippen molar-refractivity contribution in [3.63, 3.8) is 0 Å². The van der Waals surface area contributed by atoms with Crippen LogP contribution in [0, 0.1) is 5.82 Å². The van der Waals surface area contributed by atoms with Crippen LogP contribution in [-0.4, -0.2) is 10.9 Å². The monoisotopic (exact) mass is 348 g/mol. The van der Waals surface area contributed by atoms with Gasteiger partial charge in [-0.3, -0.25) is 10.1 Å². The van der Waals surface area contributed by atoms with Crippen LogP contribution in [0.25, 0.3) is 22.0 Å². The van der Waals surface area contributed by atoms with Crippen LogP contribution in [0.4, 0.5) is 9.52 Å². The Morgan fingerprint density at radius 2 is 1.72 bits per heavy atom. The van der Waals surface area contributed by atoms with Crippen molar-refractivity contribution >= 4 is 33.1 Å². The number of hydrogen-bond donors (Lipinski definition) is 1. The number of anilines is 1. The quantitative estimate of drug-likeness (QED) is 0.542. The lowest BCUT2D eigenvalue weighted by Crippen LogP contribution is -2.12. The van der Waals surface area contributed by atoms with Crippen molar-refractivity contribution in [2.24, 2.45) is 0 Å². The number of carbonyl (C=O) groups excluding carboxylic acids is 1. The van der Waals surface area contributed by atoms with Crippen LogP contribution in [0.3, 0.4) is 0 Å². The molecule has 0 fully saturated rings. The highest BCUT2D eigenvalue weighted by Crippen LogP contribution is 2.26. The average Bonchev–Trinajstić information content (AvgIpc) is 3.10. The molecule has 3 aromatic carbocycles. The van der Waals surface area contributed by atoms with Crippen molar-refractivity contribution in [2.75, 3.05) is 5.32 Å². The molecule has 4 rings (SSSR count). The molecule has 122 valence electrons. The van der Waals surface area contributed by atoms with Crippen LogP contribution >= 0.6 is 11.3 Å². The Hall–Kier alpha value is -3.05. The van der Waals surface area contributed by atoms with E-state index in [1.807, 2.05) is 41.8 Å². The molecule has 4 aromatic rings. The number of fused-ring (bicyclic) bond motifs is 1. The minimum Gasteiger partial charge on any atom is -0.298 e. The van der Waals surface area contributed by atoms with E-state index < -0.39 is 0 Å². The van der Waals surface area contributed by atoms with E-state index in [4.69, 9.17) is 0 Å². The molecule has 0 aliphatic rings. The SMILES string of the molecule is O=C(Nc1nc(-c2ccc(F)cc2)cs1)c1cccc2ccccc12. The van der Waals surface area contributed by atoms with Crippen molar-refractivity contribution in [3.8, 4) is 11.3 Å². The van der Waals surface area contributed by atoms with Crippen LogP contribution < -0.4 is 5.32 Å².